The van der Waals surface area contributed by atoms with E-state index in [1.807, 2.05) is 4.90 Å². The van der Waals surface area contributed by atoms with Gasteiger partial charge in [-0.3, -0.25) is 4.79 Å². The van der Waals surface area contributed by atoms with Gasteiger partial charge in [0.2, 0.25) is 0 Å². The lowest BCUT2D eigenvalue weighted by Crippen LogP contribution is -2.47. The van der Waals surface area contributed by atoms with Gasteiger partial charge in [-0.05, 0) is 49.5 Å². The first kappa shape index (κ1) is 18.5. The maximum Gasteiger partial charge on any atom is 0.323 e. The van der Waals surface area contributed by atoms with Gasteiger partial charge in [-0.2, -0.15) is 0 Å². The van der Waals surface area contributed by atoms with E-state index in [1.165, 1.54) is 0 Å². The number of urea groups is 1. The van der Waals surface area contributed by atoms with Gasteiger partial charge in [0, 0.05) is 48.7 Å². The first-order chi connectivity index (χ1) is 13.0. The summed E-state index contributed by atoms with van der Waals surface area (Å²) in [4.78, 5) is 28.7. The number of nitrogens with one attached hydrogen (secondary N) is 2. The van der Waals surface area contributed by atoms with Crippen molar-refractivity contribution in [1.29, 1.82) is 0 Å². The number of rotatable bonds is 3. The third-order valence-electron chi connectivity index (χ3n) is 4.47. The van der Waals surface area contributed by atoms with Crippen LogP contribution in [0.15, 0.2) is 48.5 Å². The third-order valence-corrected chi connectivity index (χ3v) is 4.47. The highest BCUT2D eigenvalue weighted by molar-refractivity contribution is 6.00. The molecule has 0 radical (unpaired) electrons. The monoisotopic (exact) mass is 362 g/mol. The number of amides is 3. The molecule has 1 saturated heterocycles. The number of likely N-dealkylation sites (N-methyl/N-ethyl adjacent to an activating group) is 1. The summed E-state index contributed by atoms with van der Waals surface area (Å²) in [6.07, 6.45) is 5.36. The van der Waals surface area contributed by atoms with Crippen molar-refractivity contribution in [3.05, 3.63) is 59.7 Å². The van der Waals surface area contributed by atoms with Crippen LogP contribution in [0.4, 0.5) is 16.2 Å². The Kier molecular flexibility index (Phi) is 5.74. The predicted octanol–water partition coefficient (Wildman–Crippen LogP) is 2.70. The second-order valence-electron chi connectivity index (χ2n) is 6.48. The maximum atomic E-state index is 12.5. The Labute approximate surface area is 159 Å². The predicted molar refractivity (Wildman–Crippen MR) is 107 cm³/mol. The molecule has 27 heavy (non-hydrogen) atoms. The molecule has 138 valence electrons. The molecule has 2 aromatic rings. The van der Waals surface area contributed by atoms with Crippen molar-refractivity contribution >= 4 is 23.3 Å². The summed E-state index contributed by atoms with van der Waals surface area (Å²) in [7, 11) is 2.05. The van der Waals surface area contributed by atoms with Crippen molar-refractivity contribution in [3.63, 3.8) is 0 Å². The number of carbonyl (C=O) groups excluding carboxylic acids is 2. The van der Waals surface area contributed by atoms with Gasteiger partial charge in [-0.1, -0.05) is 12.0 Å². The van der Waals surface area contributed by atoms with Crippen LogP contribution in [-0.4, -0.2) is 55.0 Å². The molecule has 3 amide bonds. The summed E-state index contributed by atoms with van der Waals surface area (Å²) in [6.45, 7) is 3.22. The summed E-state index contributed by atoms with van der Waals surface area (Å²) in [5, 5.41) is 5.48. The molecule has 1 aliphatic rings. The number of anilines is 2. The van der Waals surface area contributed by atoms with E-state index in [4.69, 9.17) is 6.42 Å². The molecule has 6 heteroatoms. The maximum absolute atomic E-state index is 12.5. The van der Waals surface area contributed by atoms with Gasteiger partial charge in [-0.25, -0.2) is 4.79 Å². The summed E-state index contributed by atoms with van der Waals surface area (Å²) >= 11 is 0. The van der Waals surface area contributed by atoms with Crippen molar-refractivity contribution in [2.24, 2.45) is 0 Å². The number of terminal acetylenes is 1. The Hall–Kier alpha value is -3.30. The largest absolute Gasteiger partial charge is 0.336 e. The van der Waals surface area contributed by atoms with Crippen LogP contribution in [0.1, 0.15) is 15.9 Å². The molecule has 0 atom stereocenters. The molecular weight excluding hydrogens is 340 g/mol. The average molecular weight is 362 g/mol. The van der Waals surface area contributed by atoms with E-state index in [0.29, 0.717) is 22.5 Å². The first-order valence-electron chi connectivity index (χ1n) is 8.78. The fraction of sp³-hybridized carbons (Fsp3) is 0.238. The van der Waals surface area contributed by atoms with Crippen LogP contribution < -0.4 is 10.6 Å². The summed E-state index contributed by atoms with van der Waals surface area (Å²) in [5.74, 6) is 2.54. The summed E-state index contributed by atoms with van der Waals surface area (Å²) in [5.41, 5.74) is 2.53. The number of nitrogens with zero attached hydrogens (tertiary/aromatic N) is 2. The summed E-state index contributed by atoms with van der Waals surface area (Å²) in [6, 6.07) is 13.6. The van der Waals surface area contributed by atoms with E-state index < -0.39 is 0 Å². The normalized spacial score (nSPS) is 14.3. The molecule has 2 aromatic carbocycles. The van der Waals surface area contributed by atoms with Crippen LogP contribution in [0.2, 0.25) is 0 Å². The Morgan fingerprint density at radius 1 is 0.963 bits per heavy atom. The van der Waals surface area contributed by atoms with E-state index >= 15 is 0 Å². The zero-order valence-corrected chi connectivity index (χ0v) is 15.2. The quantitative estimate of drug-likeness (QED) is 0.825. The van der Waals surface area contributed by atoms with Crippen molar-refractivity contribution < 1.29 is 9.59 Å². The van der Waals surface area contributed by atoms with Crippen molar-refractivity contribution in [2.45, 2.75) is 0 Å². The molecule has 0 aliphatic carbocycles. The molecule has 0 aromatic heterocycles. The Morgan fingerprint density at radius 2 is 1.63 bits per heavy atom. The zero-order chi connectivity index (χ0) is 19.2. The second-order valence-corrected chi connectivity index (χ2v) is 6.48. The van der Waals surface area contributed by atoms with E-state index in [9.17, 15) is 9.59 Å². The minimum absolute atomic E-state index is 0.0187. The van der Waals surface area contributed by atoms with Gasteiger partial charge in [0.05, 0.1) is 0 Å². The molecule has 0 bridgehead atoms. The Morgan fingerprint density at radius 3 is 2.30 bits per heavy atom. The van der Waals surface area contributed by atoms with Gasteiger partial charge in [0.25, 0.3) is 5.91 Å². The van der Waals surface area contributed by atoms with Crippen LogP contribution in [0.25, 0.3) is 0 Å². The Bertz CT molecular complexity index is 862. The van der Waals surface area contributed by atoms with Gasteiger partial charge in [-0.15, -0.1) is 6.42 Å². The highest BCUT2D eigenvalue weighted by Crippen LogP contribution is 2.14. The van der Waals surface area contributed by atoms with E-state index in [2.05, 4.69) is 28.5 Å². The average Bonchev–Trinajstić information content (AvgIpc) is 2.68. The van der Waals surface area contributed by atoms with Gasteiger partial charge in [0.1, 0.15) is 0 Å². The molecule has 6 nitrogen and oxygen atoms in total. The lowest BCUT2D eigenvalue weighted by Gasteiger charge is -2.32. The SMILES string of the molecule is C#Cc1cccc(NC(=O)Nc2ccc(C(=O)N3CCN(C)CC3)cc2)c1. The van der Waals surface area contributed by atoms with Crippen LogP contribution in [0.3, 0.4) is 0 Å². The molecule has 0 unspecified atom stereocenters. The molecule has 0 spiro atoms. The van der Waals surface area contributed by atoms with E-state index in [-0.39, 0.29) is 11.9 Å². The third kappa shape index (κ3) is 4.87. The number of hydrogen-bond donors (Lipinski definition) is 2. The highest BCUT2D eigenvalue weighted by Gasteiger charge is 2.20. The molecule has 1 heterocycles. The van der Waals surface area contributed by atoms with Gasteiger partial charge < -0.3 is 20.4 Å². The first-order valence-corrected chi connectivity index (χ1v) is 8.78. The molecule has 0 saturated carbocycles. The molecule has 1 aliphatic heterocycles. The lowest BCUT2D eigenvalue weighted by atomic mass is 10.1. The lowest BCUT2D eigenvalue weighted by molar-refractivity contribution is 0.0664. The second kappa shape index (κ2) is 8.39. The number of piperazine rings is 1. The Balaban J connectivity index is 1.57. The smallest absolute Gasteiger partial charge is 0.323 e. The van der Waals surface area contributed by atoms with Crippen LogP contribution in [-0.2, 0) is 0 Å². The fourth-order valence-electron chi connectivity index (χ4n) is 2.87. The molecule has 1 fully saturated rings. The molecule has 3 rings (SSSR count). The van der Waals surface area contributed by atoms with Crippen molar-refractivity contribution in [2.75, 3.05) is 43.9 Å². The standard InChI is InChI=1S/C21H22N4O2/c1-3-16-5-4-6-19(15-16)23-21(27)22-18-9-7-17(8-10-18)20(26)25-13-11-24(2)12-14-25/h1,4-10,15H,11-14H2,2H3,(H2,22,23,27). The fourth-order valence-corrected chi connectivity index (χ4v) is 2.87. The van der Waals surface area contributed by atoms with Gasteiger partial charge in [0.15, 0.2) is 0 Å². The van der Waals surface area contributed by atoms with Crippen LogP contribution >= 0.6 is 0 Å². The highest BCUT2D eigenvalue weighted by atomic mass is 16.2. The number of benzene rings is 2. The summed E-state index contributed by atoms with van der Waals surface area (Å²) < 4.78 is 0. The minimum Gasteiger partial charge on any atom is -0.336 e. The number of carbonyl (C=O) groups is 2. The topological polar surface area (TPSA) is 64.7 Å². The zero-order valence-electron chi connectivity index (χ0n) is 15.2. The van der Waals surface area contributed by atoms with Crippen LogP contribution in [0.5, 0.6) is 0 Å². The van der Waals surface area contributed by atoms with Crippen molar-refractivity contribution in [1.82, 2.24) is 9.80 Å². The molecule has 2 N–H and O–H groups in total. The number of hydrogen-bond acceptors (Lipinski definition) is 3. The van der Waals surface area contributed by atoms with E-state index in [0.717, 1.165) is 26.2 Å². The molecular formula is C21H22N4O2. The minimum atomic E-state index is -0.373. The van der Waals surface area contributed by atoms with E-state index in [1.54, 1.807) is 48.5 Å². The van der Waals surface area contributed by atoms with Gasteiger partial charge >= 0.3 is 6.03 Å². The van der Waals surface area contributed by atoms with Crippen LogP contribution in [0, 0.1) is 12.3 Å². The van der Waals surface area contributed by atoms with Crippen molar-refractivity contribution in [3.8, 4) is 12.3 Å².